The van der Waals surface area contributed by atoms with Crippen molar-refractivity contribution < 1.29 is 14.7 Å². The number of para-hydroxylation sites is 1. The van der Waals surface area contributed by atoms with E-state index in [1.54, 1.807) is 7.05 Å². The first kappa shape index (κ1) is 14.1. The molecule has 2 rings (SSSR count). The van der Waals surface area contributed by atoms with E-state index < -0.39 is 5.97 Å². The minimum atomic E-state index is -0.894. The molecule has 1 heterocycles. The van der Waals surface area contributed by atoms with E-state index in [-0.39, 0.29) is 25.3 Å². The first-order chi connectivity index (χ1) is 9.49. The molecule has 1 aromatic heterocycles. The van der Waals surface area contributed by atoms with Gasteiger partial charge < -0.3 is 14.6 Å². The SMILES string of the molecule is CN(CCC(=O)O)C(=O)Cc1cn(C)c2ccccc12. The number of benzene rings is 1. The molecule has 1 aromatic carbocycles. The van der Waals surface area contributed by atoms with Crippen LogP contribution >= 0.6 is 0 Å². The predicted molar refractivity (Wildman–Crippen MR) is 76.5 cm³/mol. The zero-order chi connectivity index (χ0) is 14.7. The molecule has 0 spiro atoms. The Morgan fingerprint density at radius 3 is 2.70 bits per heavy atom. The summed E-state index contributed by atoms with van der Waals surface area (Å²) in [5.74, 6) is -0.961. The highest BCUT2D eigenvalue weighted by Crippen LogP contribution is 2.21. The molecule has 106 valence electrons. The Hall–Kier alpha value is -2.30. The van der Waals surface area contributed by atoms with Gasteiger partial charge in [0.15, 0.2) is 0 Å². The van der Waals surface area contributed by atoms with Crippen LogP contribution in [-0.2, 0) is 23.1 Å². The van der Waals surface area contributed by atoms with Crippen LogP contribution in [0.5, 0.6) is 0 Å². The van der Waals surface area contributed by atoms with Crippen LogP contribution in [0.25, 0.3) is 10.9 Å². The van der Waals surface area contributed by atoms with Gasteiger partial charge in [-0.2, -0.15) is 0 Å². The monoisotopic (exact) mass is 274 g/mol. The van der Waals surface area contributed by atoms with Gasteiger partial charge in [0, 0.05) is 37.7 Å². The maximum absolute atomic E-state index is 12.1. The summed E-state index contributed by atoms with van der Waals surface area (Å²) in [6, 6.07) is 7.92. The average Bonchev–Trinajstić information content (AvgIpc) is 2.73. The van der Waals surface area contributed by atoms with Crippen molar-refractivity contribution in [3.63, 3.8) is 0 Å². The number of hydrogen-bond donors (Lipinski definition) is 1. The smallest absolute Gasteiger partial charge is 0.305 e. The zero-order valence-corrected chi connectivity index (χ0v) is 11.7. The standard InChI is InChI=1S/C15H18N2O3/c1-16(8-7-15(19)20)14(18)9-11-10-17(2)13-6-4-3-5-12(11)13/h3-6,10H,7-9H2,1-2H3,(H,19,20). The lowest BCUT2D eigenvalue weighted by Gasteiger charge is -2.15. The van der Waals surface area contributed by atoms with Gasteiger partial charge >= 0.3 is 5.97 Å². The third-order valence-electron chi connectivity index (χ3n) is 3.41. The summed E-state index contributed by atoms with van der Waals surface area (Å²) >= 11 is 0. The molecule has 20 heavy (non-hydrogen) atoms. The number of aromatic nitrogens is 1. The second-order valence-electron chi connectivity index (χ2n) is 4.92. The van der Waals surface area contributed by atoms with E-state index in [2.05, 4.69) is 0 Å². The molecule has 0 radical (unpaired) electrons. The van der Waals surface area contributed by atoms with Gasteiger partial charge in [0.1, 0.15) is 0 Å². The quantitative estimate of drug-likeness (QED) is 0.901. The van der Waals surface area contributed by atoms with Crippen molar-refractivity contribution in [1.29, 1.82) is 0 Å². The lowest BCUT2D eigenvalue weighted by atomic mass is 10.1. The summed E-state index contributed by atoms with van der Waals surface area (Å²) in [5.41, 5.74) is 2.05. The van der Waals surface area contributed by atoms with Crippen molar-refractivity contribution >= 4 is 22.8 Å². The van der Waals surface area contributed by atoms with Gasteiger partial charge in [0.25, 0.3) is 0 Å². The first-order valence-corrected chi connectivity index (χ1v) is 6.47. The second-order valence-corrected chi connectivity index (χ2v) is 4.92. The van der Waals surface area contributed by atoms with Crippen molar-refractivity contribution in [1.82, 2.24) is 9.47 Å². The largest absolute Gasteiger partial charge is 0.481 e. The van der Waals surface area contributed by atoms with E-state index in [0.717, 1.165) is 16.5 Å². The van der Waals surface area contributed by atoms with Crippen LogP contribution in [0.2, 0.25) is 0 Å². The van der Waals surface area contributed by atoms with Crippen LogP contribution < -0.4 is 0 Å². The molecule has 0 saturated carbocycles. The highest BCUT2D eigenvalue weighted by atomic mass is 16.4. The van der Waals surface area contributed by atoms with Gasteiger partial charge in [-0.25, -0.2) is 0 Å². The number of nitrogens with zero attached hydrogens (tertiary/aromatic N) is 2. The van der Waals surface area contributed by atoms with Gasteiger partial charge in [-0.05, 0) is 11.6 Å². The summed E-state index contributed by atoms with van der Waals surface area (Å²) in [7, 11) is 3.58. The minimum Gasteiger partial charge on any atom is -0.481 e. The Bertz CT molecular complexity index is 646. The fourth-order valence-corrected chi connectivity index (χ4v) is 2.25. The summed E-state index contributed by atoms with van der Waals surface area (Å²) in [6.45, 7) is 0.235. The lowest BCUT2D eigenvalue weighted by molar-refractivity contribution is -0.138. The molecular formula is C15H18N2O3. The van der Waals surface area contributed by atoms with Crippen LogP contribution in [0.15, 0.2) is 30.5 Å². The van der Waals surface area contributed by atoms with Crippen molar-refractivity contribution in [2.75, 3.05) is 13.6 Å². The molecule has 1 amide bonds. The molecule has 2 aromatic rings. The molecule has 0 bridgehead atoms. The normalized spacial score (nSPS) is 10.7. The van der Waals surface area contributed by atoms with Crippen LogP contribution in [0.4, 0.5) is 0 Å². The molecule has 0 fully saturated rings. The Labute approximate surface area is 117 Å². The molecule has 0 atom stereocenters. The molecule has 0 aliphatic carbocycles. The van der Waals surface area contributed by atoms with Gasteiger partial charge in [-0.3, -0.25) is 9.59 Å². The number of carboxylic acids is 1. The van der Waals surface area contributed by atoms with Crippen molar-refractivity contribution in [2.24, 2.45) is 7.05 Å². The number of aliphatic carboxylic acids is 1. The number of carbonyl (C=O) groups excluding carboxylic acids is 1. The molecular weight excluding hydrogens is 256 g/mol. The Morgan fingerprint density at radius 2 is 2.00 bits per heavy atom. The van der Waals surface area contributed by atoms with Crippen molar-refractivity contribution in [3.8, 4) is 0 Å². The number of carbonyl (C=O) groups is 2. The fraction of sp³-hybridized carbons (Fsp3) is 0.333. The van der Waals surface area contributed by atoms with Crippen LogP contribution in [0.3, 0.4) is 0 Å². The van der Waals surface area contributed by atoms with E-state index in [0.29, 0.717) is 0 Å². The topological polar surface area (TPSA) is 62.5 Å². The Morgan fingerprint density at radius 1 is 1.30 bits per heavy atom. The highest BCUT2D eigenvalue weighted by molar-refractivity contribution is 5.89. The Balaban J connectivity index is 2.12. The Kier molecular flexibility index (Phi) is 4.08. The zero-order valence-electron chi connectivity index (χ0n) is 11.7. The van der Waals surface area contributed by atoms with Gasteiger partial charge in [-0.15, -0.1) is 0 Å². The molecule has 5 nitrogen and oxygen atoms in total. The van der Waals surface area contributed by atoms with E-state index in [1.165, 1.54) is 4.90 Å². The third-order valence-corrected chi connectivity index (χ3v) is 3.41. The number of amides is 1. The summed E-state index contributed by atoms with van der Waals surface area (Å²) in [6.07, 6.45) is 2.21. The maximum Gasteiger partial charge on any atom is 0.305 e. The number of likely N-dealkylation sites (N-methyl/N-ethyl adjacent to an activating group) is 1. The number of rotatable bonds is 5. The van der Waals surface area contributed by atoms with Crippen LogP contribution in [-0.4, -0.2) is 40.0 Å². The van der Waals surface area contributed by atoms with Crippen LogP contribution in [0.1, 0.15) is 12.0 Å². The number of hydrogen-bond acceptors (Lipinski definition) is 2. The van der Waals surface area contributed by atoms with Gasteiger partial charge in [0.2, 0.25) is 5.91 Å². The molecule has 0 saturated heterocycles. The molecule has 0 aliphatic heterocycles. The average molecular weight is 274 g/mol. The summed E-state index contributed by atoms with van der Waals surface area (Å²) in [4.78, 5) is 24.1. The number of fused-ring (bicyclic) bond motifs is 1. The third kappa shape index (κ3) is 2.99. The molecule has 5 heteroatoms. The maximum atomic E-state index is 12.1. The first-order valence-electron chi connectivity index (χ1n) is 6.47. The van der Waals surface area contributed by atoms with Crippen molar-refractivity contribution in [2.45, 2.75) is 12.8 Å². The molecule has 1 N–H and O–H groups in total. The fourth-order valence-electron chi connectivity index (χ4n) is 2.25. The highest BCUT2D eigenvalue weighted by Gasteiger charge is 2.14. The van der Waals surface area contributed by atoms with Crippen molar-refractivity contribution in [3.05, 3.63) is 36.0 Å². The van der Waals surface area contributed by atoms with E-state index >= 15 is 0 Å². The van der Waals surface area contributed by atoms with Gasteiger partial charge in [0.05, 0.1) is 12.8 Å². The molecule has 0 unspecified atom stereocenters. The van der Waals surface area contributed by atoms with E-state index in [4.69, 9.17) is 5.11 Å². The number of aryl methyl sites for hydroxylation is 1. The lowest BCUT2D eigenvalue weighted by Crippen LogP contribution is -2.30. The molecule has 0 aliphatic rings. The van der Waals surface area contributed by atoms with Gasteiger partial charge in [-0.1, -0.05) is 18.2 Å². The predicted octanol–water partition coefficient (Wildman–Crippen LogP) is 1.65. The van der Waals surface area contributed by atoms with E-state index in [9.17, 15) is 9.59 Å². The minimum absolute atomic E-state index is 0.0300. The number of carboxylic acid groups (broad SMARTS) is 1. The van der Waals surface area contributed by atoms with Crippen LogP contribution in [0, 0.1) is 0 Å². The second kappa shape index (κ2) is 5.77. The summed E-state index contributed by atoms with van der Waals surface area (Å²) < 4.78 is 2.00. The van der Waals surface area contributed by atoms with E-state index in [1.807, 2.05) is 42.1 Å². The summed E-state index contributed by atoms with van der Waals surface area (Å²) in [5, 5.41) is 9.70.